The molecule has 2 amide bonds. The van der Waals surface area contributed by atoms with E-state index in [1.54, 1.807) is 29.2 Å². The van der Waals surface area contributed by atoms with Gasteiger partial charge in [0.1, 0.15) is 0 Å². The molecule has 0 spiro atoms. The Morgan fingerprint density at radius 2 is 2.09 bits per heavy atom. The number of benzene rings is 1. The van der Waals surface area contributed by atoms with Gasteiger partial charge >= 0.3 is 0 Å². The first-order valence-corrected chi connectivity index (χ1v) is 8.48. The molecule has 1 saturated heterocycles. The molecule has 23 heavy (non-hydrogen) atoms. The van der Waals surface area contributed by atoms with Crippen molar-refractivity contribution in [3.05, 3.63) is 52.2 Å². The molecule has 2 N–H and O–H groups in total. The SMILES string of the molecule is O=C(NCC(O)c1ccsc1)c1ccc(N2CCCC2=O)cc1. The van der Waals surface area contributed by atoms with Gasteiger partial charge in [-0.2, -0.15) is 11.3 Å². The second-order valence-electron chi connectivity index (χ2n) is 5.48. The van der Waals surface area contributed by atoms with Crippen LogP contribution in [0.3, 0.4) is 0 Å². The predicted molar refractivity (Wildman–Crippen MR) is 89.6 cm³/mol. The van der Waals surface area contributed by atoms with Crippen molar-refractivity contribution >= 4 is 28.8 Å². The van der Waals surface area contributed by atoms with Gasteiger partial charge in [-0.25, -0.2) is 0 Å². The van der Waals surface area contributed by atoms with E-state index < -0.39 is 6.10 Å². The Bertz CT molecular complexity index is 682. The van der Waals surface area contributed by atoms with Crippen LogP contribution in [0.15, 0.2) is 41.1 Å². The van der Waals surface area contributed by atoms with Crippen LogP contribution in [0.2, 0.25) is 0 Å². The zero-order chi connectivity index (χ0) is 16.2. The van der Waals surface area contributed by atoms with Gasteiger partial charge < -0.3 is 15.3 Å². The predicted octanol–water partition coefficient (Wildman–Crippen LogP) is 2.34. The molecule has 5 nitrogen and oxygen atoms in total. The van der Waals surface area contributed by atoms with E-state index in [4.69, 9.17) is 0 Å². The highest BCUT2D eigenvalue weighted by molar-refractivity contribution is 7.07. The Kier molecular flexibility index (Phi) is 4.73. The van der Waals surface area contributed by atoms with Crippen LogP contribution in [0.5, 0.6) is 0 Å². The molecule has 2 heterocycles. The van der Waals surface area contributed by atoms with Crippen molar-refractivity contribution < 1.29 is 14.7 Å². The molecule has 6 heteroatoms. The van der Waals surface area contributed by atoms with Crippen LogP contribution >= 0.6 is 11.3 Å². The number of nitrogens with zero attached hydrogens (tertiary/aromatic N) is 1. The first-order chi connectivity index (χ1) is 11.1. The molecule has 1 aliphatic heterocycles. The molecule has 2 aromatic rings. The molecular weight excluding hydrogens is 312 g/mol. The topological polar surface area (TPSA) is 69.6 Å². The van der Waals surface area contributed by atoms with Crippen molar-refractivity contribution in [1.82, 2.24) is 5.32 Å². The summed E-state index contributed by atoms with van der Waals surface area (Å²) in [7, 11) is 0. The number of thiophene rings is 1. The minimum atomic E-state index is -0.702. The summed E-state index contributed by atoms with van der Waals surface area (Å²) >= 11 is 1.51. The van der Waals surface area contributed by atoms with Crippen molar-refractivity contribution in [2.75, 3.05) is 18.0 Å². The van der Waals surface area contributed by atoms with Crippen LogP contribution in [0.1, 0.15) is 34.9 Å². The number of rotatable bonds is 5. The van der Waals surface area contributed by atoms with Crippen LogP contribution in [0, 0.1) is 0 Å². The van der Waals surface area contributed by atoms with Gasteiger partial charge in [0, 0.05) is 30.8 Å². The third-order valence-corrected chi connectivity index (χ3v) is 4.60. The Labute approximate surface area is 138 Å². The smallest absolute Gasteiger partial charge is 0.251 e. The van der Waals surface area contributed by atoms with Crippen LogP contribution in [0.4, 0.5) is 5.69 Å². The van der Waals surface area contributed by atoms with Gasteiger partial charge in [-0.05, 0) is 53.1 Å². The number of hydrogen-bond acceptors (Lipinski definition) is 4. The Morgan fingerprint density at radius 1 is 1.30 bits per heavy atom. The molecule has 0 saturated carbocycles. The van der Waals surface area contributed by atoms with Gasteiger partial charge in [0.25, 0.3) is 5.91 Å². The van der Waals surface area contributed by atoms with Gasteiger partial charge in [0.15, 0.2) is 0 Å². The standard InChI is InChI=1S/C17H18N2O3S/c20-15(13-7-9-23-11-13)10-18-17(22)12-3-5-14(6-4-12)19-8-1-2-16(19)21/h3-7,9,11,15,20H,1-2,8,10H2,(H,18,22). The number of anilines is 1. The molecule has 1 aliphatic rings. The van der Waals surface area contributed by atoms with Crippen molar-refractivity contribution in [2.24, 2.45) is 0 Å². The summed E-state index contributed by atoms with van der Waals surface area (Å²) in [4.78, 5) is 25.6. The van der Waals surface area contributed by atoms with Crippen molar-refractivity contribution in [3.63, 3.8) is 0 Å². The van der Waals surface area contributed by atoms with E-state index in [1.165, 1.54) is 11.3 Å². The lowest BCUT2D eigenvalue weighted by atomic mass is 10.1. The summed E-state index contributed by atoms with van der Waals surface area (Å²) in [6.45, 7) is 0.902. The molecule has 1 fully saturated rings. The summed E-state index contributed by atoms with van der Waals surface area (Å²) in [6.07, 6.45) is 0.760. The Balaban J connectivity index is 1.58. The van der Waals surface area contributed by atoms with E-state index in [0.717, 1.165) is 24.2 Å². The molecule has 1 aromatic heterocycles. The number of carbonyl (C=O) groups is 2. The van der Waals surface area contributed by atoms with E-state index in [1.807, 2.05) is 16.8 Å². The zero-order valence-corrected chi connectivity index (χ0v) is 13.4. The molecule has 0 aliphatic carbocycles. The van der Waals surface area contributed by atoms with Gasteiger partial charge in [0.2, 0.25) is 5.91 Å². The lowest BCUT2D eigenvalue weighted by Gasteiger charge is -2.16. The highest BCUT2D eigenvalue weighted by Crippen LogP contribution is 2.21. The van der Waals surface area contributed by atoms with E-state index in [9.17, 15) is 14.7 Å². The first-order valence-electron chi connectivity index (χ1n) is 7.54. The number of amides is 2. The number of hydrogen-bond donors (Lipinski definition) is 2. The van der Waals surface area contributed by atoms with Crippen LogP contribution in [-0.2, 0) is 4.79 Å². The monoisotopic (exact) mass is 330 g/mol. The zero-order valence-electron chi connectivity index (χ0n) is 12.6. The average molecular weight is 330 g/mol. The second kappa shape index (κ2) is 6.93. The maximum Gasteiger partial charge on any atom is 0.251 e. The van der Waals surface area contributed by atoms with E-state index in [2.05, 4.69) is 5.32 Å². The molecule has 0 radical (unpaired) electrons. The second-order valence-corrected chi connectivity index (χ2v) is 6.26. The van der Waals surface area contributed by atoms with Crippen molar-refractivity contribution in [3.8, 4) is 0 Å². The first kappa shape index (κ1) is 15.7. The fraction of sp³-hybridized carbons (Fsp3) is 0.294. The highest BCUT2D eigenvalue weighted by atomic mass is 32.1. The Hall–Kier alpha value is -2.18. The number of aliphatic hydroxyl groups excluding tert-OH is 1. The summed E-state index contributed by atoms with van der Waals surface area (Å²) in [5, 5.41) is 16.4. The lowest BCUT2D eigenvalue weighted by molar-refractivity contribution is -0.117. The minimum absolute atomic E-state index is 0.126. The third-order valence-electron chi connectivity index (χ3n) is 3.90. The highest BCUT2D eigenvalue weighted by Gasteiger charge is 2.21. The normalized spacial score (nSPS) is 15.7. The summed E-state index contributed by atoms with van der Waals surface area (Å²) in [5.74, 6) is -0.111. The maximum absolute atomic E-state index is 12.1. The third kappa shape index (κ3) is 3.60. The van der Waals surface area contributed by atoms with E-state index >= 15 is 0 Å². The number of carbonyl (C=O) groups excluding carboxylic acids is 2. The lowest BCUT2D eigenvalue weighted by Crippen LogP contribution is -2.28. The van der Waals surface area contributed by atoms with Crippen LogP contribution < -0.4 is 10.2 Å². The summed E-state index contributed by atoms with van der Waals surface area (Å²) < 4.78 is 0. The fourth-order valence-corrected chi connectivity index (χ4v) is 3.29. The molecule has 1 unspecified atom stereocenters. The van der Waals surface area contributed by atoms with E-state index in [-0.39, 0.29) is 18.4 Å². The number of aliphatic hydroxyl groups is 1. The summed E-state index contributed by atoms with van der Waals surface area (Å²) in [5.41, 5.74) is 2.14. The molecule has 1 atom stereocenters. The largest absolute Gasteiger partial charge is 0.387 e. The quantitative estimate of drug-likeness (QED) is 0.884. The molecule has 0 bridgehead atoms. The van der Waals surface area contributed by atoms with E-state index in [0.29, 0.717) is 12.0 Å². The van der Waals surface area contributed by atoms with Gasteiger partial charge in [-0.15, -0.1) is 0 Å². The minimum Gasteiger partial charge on any atom is -0.387 e. The van der Waals surface area contributed by atoms with Crippen molar-refractivity contribution in [1.29, 1.82) is 0 Å². The van der Waals surface area contributed by atoms with Gasteiger partial charge in [0.05, 0.1) is 6.10 Å². The van der Waals surface area contributed by atoms with Crippen LogP contribution in [-0.4, -0.2) is 30.0 Å². The van der Waals surface area contributed by atoms with Crippen molar-refractivity contribution in [2.45, 2.75) is 18.9 Å². The Morgan fingerprint density at radius 3 is 2.70 bits per heavy atom. The molecule has 1 aromatic carbocycles. The number of nitrogens with one attached hydrogen (secondary N) is 1. The van der Waals surface area contributed by atoms with Gasteiger partial charge in [-0.3, -0.25) is 9.59 Å². The molecule has 3 rings (SSSR count). The van der Waals surface area contributed by atoms with Gasteiger partial charge in [-0.1, -0.05) is 0 Å². The molecular formula is C17H18N2O3S. The van der Waals surface area contributed by atoms with Crippen LogP contribution in [0.25, 0.3) is 0 Å². The fourth-order valence-electron chi connectivity index (χ4n) is 2.59. The maximum atomic E-state index is 12.1. The summed E-state index contributed by atoms with van der Waals surface area (Å²) in [6, 6.07) is 8.81. The molecule has 120 valence electrons. The average Bonchev–Trinajstić information content (AvgIpc) is 3.24.